The van der Waals surface area contributed by atoms with E-state index in [0.717, 1.165) is 0 Å². The van der Waals surface area contributed by atoms with Crippen molar-refractivity contribution in [3.05, 3.63) is 48.0 Å². The summed E-state index contributed by atoms with van der Waals surface area (Å²) in [5.41, 5.74) is 1.56. The van der Waals surface area contributed by atoms with Gasteiger partial charge in [-0.3, -0.25) is 0 Å². The lowest BCUT2D eigenvalue weighted by Crippen LogP contribution is -1.88. The lowest BCUT2D eigenvalue weighted by atomic mass is 10.00. The van der Waals surface area contributed by atoms with Crippen molar-refractivity contribution in [3.63, 3.8) is 0 Å². The molecule has 0 aliphatic carbocycles. The summed E-state index contributed by atoms with van der Waals surface area (Å²) in [6, 6.07) is 15.8. The van der Waals surface area contributed by atoms with Gasteiger partial charge >= 0.3 is 0 Å². The molecule has 1 aromatic heterocycles. The largest absolute Gasteiger partial charge is 0.135 e. The summed E-state index contributed by atoms with van der Waals surface area (Å²) in [5, 5.41) is 2.97. The number of aryl methyl sites for hydroxylation is 1. The van der Waals surface area contributed by atoms with Crippen LogP contribution in [0.3, 0.4) is 0 Å². The van der Waals surface area contributed by atoms with E-state index in [4.69, 9.17) is 0 Å². The van der Waals surface area contributed by atoms with Crippen molar-refractivity contribution in [1.29, 1.82) is 0 Å². The van der Waals surface area contributed by atoms with Crippen molar-refractivity contribution in [2.24, 2.45) is 0 Å². The van der Waals surface area contributed by atoms with E-state index in [1.807, 2.05) is 11.3 Å². The molecule has 0 aliphatic heterocycles. The molecule has 0 fully saturated rings. The molecule has 1 heterocycles. The second kappa shape index (κ2) is 14.7. The van der Waals surface area contributed by atoms with E-state index in [2.05, 4.69) is 49.4 Å². The van der Waals surface area contributed by atoms with E-state index in [0.29, 0.717) is 0 Å². The Bertz CT molecular complexity index is 859. The summed E-state index contributed by atoms with van der Waals surface area (Å²) in [6.07, 6.45) is 24.2. The Kier molecular flexibility index (Phi) is 11.5. The van der Waals surface area contributed by atoms with Crippen molar-refractivity contribution in [1.82, 2.24) is 0 Å². The van der Waals surface area contributed by atoms with E-state index in [-0.39, 0.29) is 0 Å². The van der Waals surface area contributed by atoms with E-state index in [9.17, 15) is 0 Å². The monoisotopic (exact) mass is 436 g/mol. The predicted molar refractivity (Wildman–Crippen MR) is 143 cm³/mol. The molecule has 0 spiro atoms. The van der Waals surface area contributed by atoms with Gasteiger partial charge in [0.05, 0.1) is 0 Å². The van der Waals surface area contributed by atoms with Gasteiger partial charge in [-0.1, -0.05) is 134 Å². The van der Waals surface area contributed by atoms with Crippen molar-refractivity contribution >= 4 is 31.5 Å². The van der Waals surface area contributed by atoms with Crippen LogP contribution in [-0.2, 0) is 6.42 Å². The third-order valence-corrected chi connectivity index (χ3v) is 7.92. The van der Waals surface area contributed by atoms with Crippen molar-refractivity contribution in [2.45, 2.75) is 116 Å². The molecule has 3 aromatic rings. The fourth-order valence-corrected chi connectivity index (χ4v) is 6.07. The van der Waals surface area contributed by atoms with Gasteiger partial charge < -0.3 is 0 Å². The molecule has 3 rings (SSSR count). The smallest absolute Gasteiger partial charge is 0.0358 e. The van der Waals surface area contributed by atoms with Gasteiger partial charge in [-0.25, -0.2) is 0 Å². The average molecular weight is 437 g/mol. The molecule has 0 saturated heterocycles. The highest BCUT2D eigenvalue weighted by molar-refractivity contribution is 7.25. The highest BCUT2D eigenvalue weighted by atomic mass is 32.1. The Morgan fingerprint density at radius 1 is 0.516 bits per heavy atom. The fourth-order valence-electron chi connectivity index (χ4n) is 4.92. The van der Waals surface area contributed by atoms with Crippen LogP contribution in [0.25, 0.3) is 20.2 Å². The highest BCUT2D eigenvalue weighted by Gasteiger charge is 2.08. The third-order valence-electron chi connectivity index (χ3n) is 6.79. The Balaban J connectivity index is 1.20. The van der Waals surface area contributed by atoms with Crippen molar-refractivity contribution < 1.29 is 0 Å². The zero-order chi connectivity index (χ0) is 21.6. The molecule has 0 bridgehead atoms. The molecule has 0 N–H and O–H groups in total. The Hall–Kier alpha value is -1.34. The Labute approximate surface area is 195 Å². The maximum absolute atomic E-state index is 2.35. The number of rotatable bonds is 17. The van der Waals surface area contributed by atoms with Crippen LogP contribution in [0.4, 0.5) is 0 Å². The Morgan fingerprint density at radius 3 is 1.65 bits per heavy atom. The first-order valence-corrected chi connectivity index (χ1v) is 14.1. The molecule has 31 heavy (non-hydrogen) atoms. The zero-order valence-corrected chi connectivity index (χ0v) is 20.8. The first-order valence-electron chi connectivity index (χ1n) is 13.3. The minimum Gasteiger partial charge on any atom is -0.135 e. The summed E-state index contributed by atoms with van der Waals surface area (Å²) in [6.45, 7) is 2.30. The number of hydrogen-bond acceptors (Lipinski definition) is 1. The third kappa shape index (κ3) is 8.26. The molecular weight excluding hydrogens is 392 g/mol. The molecule has 0 amide bonds. The predicted octanol–water partition coefficient (Wildman–Crippen LogP) is 10.9. The van der Waals surface area contributed by atoms with E-state index in [1.165, 1.54) is 129 Å². The minimum atomic E-state index is 1.23. The first-order chi connectivity index (χ1) is 15.4. The number of benzene rings is 2. The van der Waals surface area contributed by atoms with Crippen molar-refractivity contribution in [3.8, 4) is 0 Å². The molecule has 0 nitrogen and oxygen atoms in total. The summed E-state index contributed by atoms with van der Waals surface area (Å²) in [5.74, 6) is 0. The van der Waals surface area contributed by atoms with E-state index in [1.54, 1.807) is 5.56 Å². The van der Waals surface area contributed by atoms with Crippen LogP contribution in [0.15, 0.2) is 42.5 Å². The summed E-state index contributed by atoms with van der Waals surface area (Å²) in [4.78, 5) is 0. The summed E-state index contributed by atoms with van der Waals surface area (Å²) in [7, 11) is 0. The fraction of sp³-hybridized carbons (Fsp3) is 0.600. The molecule has 0 radical (unpaired) electrons. The van der Waals surface area contributed by atoms with Gasteiger partial charge in [-0.2, -0.15) is 0 Å². The summed E-state index contributed by atoms with van der Waals surface area (Å²) >= 11 is 1.94. The molecule has 170 valence electrons. The van der Waals surface area contributed by atoms with E-state index >= 15 is 0 Å². The molecular formula is C30H44S. The number of unbranched alkanes of at least 4 members (excludes halogenated alkanes) is 15. The van der Waals surface area contributed by atoms with Gasteiger partial charge in [0.1, 0.15) is 0 Å². The number of thiophene rings is 1. The standard InChI is InChI=1S/C30H44S/c1-2-3-4-5-6-7-8-9-10-11-12-13-14-15-16-17-21-26-22-20-25-29-30(26)27-23-18-19-24-28(27)31-29/h18-20,22-25H,2-17,21H2,1H3. The number of fused-ring (bicyclic) bond motifs is 3. The van der Waals surface area contributed by atoms with Crippen LogP contribution >= 0.6 is 11.3 Å². The topological polar surface area (TPSA) is 0 Å². The maximum atomic E-state index is 2.35. The van der Waals surface area contributed by atoms with Gasteiger partial charge in [0.15, 0.2) is 0 Å². The van der Waals surface area contributed by atoms with Gasteiger partial charge in [0, 0.05) is 20.2 Å². The SMILES string of the molecule is CCCCCCCCCCCCCCCCCCc1cccc2sc3ccccc3c12. The van der Waals surface area contributed by atoms with Crippen LogP contribution < -0.4 is 0 Å². The lowest BCUT2D eigenvalue weighted by molar-refractivity contribution is 0.529. The second-order valence-electron chi connectivity index (χ2n) is 9.44. The molecule has 0 aliphatic rings. The minimum absolute atomic E-state index is 1.23. The molecule has 0 atom stereocenters. The van der Waals surface area contributed by atoms with Gasteiger partial charge in [0.2, 0.25) is 0 Å². The van der Waals surface area contributed by atoms with E-state index < -0.39 is 0 Å². The van der Waals surface area contributed by atoms with Crippen LogP contribution in [0, 0.1) is 0 Å². The molecule has 2 aromatic carbocycles. The summed E-state index contributed by atoms with van der Waals surface area (Å²) < 4.78 is 2.88. The zero-order valence-electron chi connectivity index (χ0n) is 20.0. The van der Waals surface area contributed by atoms with Gasteiger partial charge in [0.25, 0.3) is 0 Å². The molecule has 0 saturated carbocycles. The quantitative estimate of drug-likeness (QED) is 0.184. The van der Waals surface area contributed by atoms with Crippen LogP contribution in [0.5, 0.6) is 0 Å². The maximum Gasteiger partial charge on any atom is 0.0358 e. The number of hydrogen-bond donors (Lipinski definition) is 0. The lowest BCUT2D eigenvalue weighted by Gasteiger charge is -2.05. The van der Waals surface area contributed by atoms with Gasteiger partial charge in [-0.15, -0.1) is 11.3 Å². The van der Waals surface area contributed by atoms with Crippen LogP contribution in [0.1, 0.15) is 115 Å². The first kappa shape index (κ1) is 24.3. The molecule has 1 heteroatoms. The van der Waals surface area contributed by atoms with Crippen molar-refractivity contribution in [2.75, 3.05) is 0 Å². The highest BCUT2D eigenvalue weighted by Crippen LogP contribution is 2.36. The van der Waals surface area contributed by atoms with Crippen LogP contribution in [-0.4, -0.2) is 0 Å². The van der Waals surface area contributed by atoms with Gasteiger partial charge in [-0.05, 0) is 30.5 Å². The van der Waals surface area contributed by atoms with Crippen LogP contribution in [0.2, 0.25) is 0 Å². The normalized spacial score (nSPS) is 11.6. The average Bonchev–Trinajstić information content (AvgIpc) is 3.18. The second-order valence-corrected chi connectivity index (χ2v) is 10.5. The molecule has 0 unspecified atom stereocenters. The Morgan fingerprint density at radius 2 is 1.03 bits per heavy atom.